The fourth-order valence-electron chi connectivity index (χ4n) is 3.86. The molecule has 32 heavy (non-hydrogen) atoms. The van der Waals surface area contributed by atoms with Crippen molar-refractivity contribution in [1.29, 1.82) is 0 Å². The van der Waals surface area contributed by atoms with Gasteiger partial charge in [-0.2, -0.15) is 0 Å². The lowest BCUT2D eigenvalue weighted by Gasteiger charge is -2.12. The van der Waals surface area contributed by atoms with Crippen LogP contribution >= 0.6 is 0 Å². The van der Waals surface area contributed by atoms with Crippen LogP contribution in [0.2, 0.25) is 0 Å². The van der Waals surface area contributed by atoms with E-state index in [1.54, 1.807) is 25.1 Å². The van der Waals surface area contributed by atoms with Gasteiger partial charge in [-0.15, -0.1) is 0 Å². The Morgan fingerprint density at radius 1 is 1.00 bits per heavy atom. The van der Waals surface area contributed by atoms with E-state index >= 15 is 0 Å². The smallest absolute Gasteiger partial charge is 0.337 e. The van der Waals surface area contributed by atoms with Gasteiger partial charge in [-0.05, 0) is 53.9 Å². The minimum Gasteiger partial charge on any atom is -0.488 e. The lowest BCUT2D eigenvalue weighted by atomic mass is 9.95. The summed E-state index contributed by atoms with van der Waals surface area (Å²) < 4.78 is 10.7. The summed E-state index contributed by atoms with van der Waals surface area (Å²) in [5, 5.41) is 2.87. The van der Waals surface area contributed by atoms with Crippen LogP contribution in [0.25, 0.3) is 11.1 Å². The van der Waals surface area contributed by atoms with E-state index in [-0.39, 0.29) is 17.8 Å². The third kappa shape index (κ3) is 4.39. The Morgan fingerprint density at radius 2 is 1.78 bits per heavy atom. The zero-order chi connectivity index (χ0) is 22.7. The normalized spacial score (nSPS) is 14.2. The monoisotopic (exact) mass is 429 g/mol. The molecule has 1 atom stereocenters. The number of benzene rings is 3. The Hall–Kier alpha value is -3.93. The topological polar surface area (TPSA) is 81.7 Å². The molecule has 0 unspecified atom stereocenters. The standard InChI is InChI=1S/C26H23NO5/c1-16(28)22-8-3-4-9-23(22)17-10-11-24-20(12-17)14-21(32-24)15-27-25(29)18-6-5-7-19(13-18)26(30)31-2/h3-13,21H,14-15H2,1-2H3,(H,27,29)/t21-/m0/s1. The van der Waals surface area contributed by atoms with Crippen molar-refractivity contribution in [3.63, 3.8) is 0 Å². The highest BCUT2D eigenvalue weighted by Crippen LogP contribution is 2.34. The number of nitrogens with one attached hydrogen (secondary N) is 1. The van der Waals surface area contributed by atoms with Gasteiger partial charge in [0, 0.05) is 17.5 Å². The summed E-state index contributed by atoms with van der Waals surface area (Å²) in [6, 6.07) is 19.8. The van der Waals surface area contributed by atoms with Gasteiger partial charge in [0.15, 0.2) is 5.78 Å². The molecule has 3 aromatic carbocycles. The van der Waals surface area contributed by atoms with E-state index in [1.165, 1.54) is 13.2 Å². The third-order valence-electron chi connectivity index (χ3n) is 5.46. The second-order valence-corrected chi connectivity index (χ2v) is 7.65. The third-order valence-corrected chi connectivity index (χ3v) is 5.46. The zero-order valence-corrected chi connectivity index (χ0v) is 17.9. The zero-order valence-electron chi connectivity index (χ0n) is 17.9. The van der Waals surface area contributed by atoms with E-state index in [1.807, 2.05) is 42.5 Å². The molecule has 1 amide bonds. The lowest BCUT2D eigenvalue weighted by Crippen LogP contribution is -2.34. The molecule has 0 aromatic heterocycles. The molecule has 6 heteroatoms. The molecule has 1 heterocycles. The number of Topliss-reactive ketones (excluding diaryl/α,β-unsaturated/α-hetero) is 1. The van der Waals surface area contributed by atoms with Crippen molar-refractivity contribution in [1.82, 2.24) is 5.32 Å². The molecule has 0 saturated carbocycles. The fraction of sp³-hybridized carbons (Fsp3) is 0.192. The second-order valence-electron chi connectivity index (χ2n) is 7.65. The molecule has 1 N–H and O–H groups in total. The van der Waals surface area contributed by atoms with Gasteiger partial charge in [0.25, 0.3) is 5.91 Å². The summed E-state index contributed by atoms with van der Waals surface area (Å²) in [6.45, 7) is 1.89. The first-order valence-corrected chi connectivity index (χ1v) is 10.3. The first kappa shape index (κ1) is 21.3. The van der Waals surface area contributed by atoms with E-state index in [4.69, 9.17) is 9.47 Å². The van der Waals surface area contributed by atoms with Crippen LogP contribution in [0.1, 0.15) is 43.6 Å². The maximum atomic E-state index is 12.5. The molecule has 0 fully saturated rings. The van der Waals surface area contributed by atoms with Crippen molar-refractivity contribution in [2.75, 3.05) is 13.7 Å². The summed E-state index contributed by atoms with van der Waals surface area (Å²) in [5.74, 6) is 0.0259. The number of rotatable bonds is 6. The number of amides is 1. The van der Waals surface area contributed by atoms with Crippen molar-refractivity contribution in [2.45, 2.75) is 19.4 Å². The number of fused-ring (bicyclic) bond motifs is 1. The van der Waals surface area contributed by atoms with E-state index in [2.05, 4.69) is 5.32 Å². The second kappa shape index (κ2) is 9.06. The predicted molar refractivity (Wildman–Crippen MR) is 120 cm³/mol. The van der Waals surface area contributed by atoms with Gasteiger partial charge in [-0.25, -0.2) is 4.79 Å². The highest BCUT2D eigenvalue weighted by atomic mass is 16.5. The number of methoxy groups -OCH3 is 1. The van der Waals surface area contributed by atoms with Gasteiger partial charge in [-0.3, -0.25) is 9.59 Å². The molecule has 162 valence electrons. The van der Waals surface area contributed by atoms with Gasteiger partial charge in [0.1, 0.15) is 11.9 Å². The van der Waals surface area contributed by atoms with Crippen LogP contribution in [-0.4, -0.2) is 37.4 Å². The van der Waals surface area contributed by atoms with Crippen molar-refractivity contribution in [3.8, 4) is 16.9 Å². The minimum absolute atomic E-state index is 0.0224. The molecule has 0 bridgehead atoms. The number of hydrogen-bond acceptors (Lipinski definition) is 5. The highest BCUT2D eigenvalue weighted by molar-refractivity contribution is 6.01. The van der Waals surface area contributed by atoms with Crippen LogP contribution < -0.4 is 10.1 Å². The summed E-state index contributed by atoms with van der Waals surface area (Å²) >= 11 is 0. The molecule has 0 spiro atoms. The number of ketones is 1. The first-order valence-electron chi connectivity index (χ1n) is 10.3. The quantitative estimate of drug-likeness (QED) is 0.472. The Bertz CT molecular complexity index is 1200. The molecule has 0 radical (unpaired) electrons. The summed E-state index contributed by atoms with van der Waals surface area (Å²) in [5.41, 5.74) is 4.28. The van der Waals surface area contributed by atoms with Gasteiger partial charge in [0.2, 0.25) is 0 Å². The van der Waals surface area contributed by atoms with Crippen molar-refractivity contribution >= 4 is 17.7 Å². The Kier molecular flexibility index (Phi) is 6.03. The maximum absolute atomic E-state index is 12.5. The fourth-order valence-corrected chi connectivity index (χ4v) is 3.86. The van der Waals surface area contributed by atoms with Crippen LogP contribution in [0, 0.1) is 0 Å². The van der Waals surface area contributed by atoms with Gasteiger partial charge in [0.05, 0.1) is 19.2 Å². The SMILES string of the molecule is COC(=O)c1cccc(C(=O)NC[C@@H]2Cc3cc(-c4ccccc4C(C)=O)ccc3O2)c1. The maximum Gasteiger partial charge on any atom is 0.337 e. The van der Waals surface area contributed by atoms with E-state index < -0.39 is 5.97 Å². The highest BCUT2D eigenvalue weighted by Gasteiger charge is 2.24. The predicted octanol–water partition coefficient (Wildman–Crippen LogP) is 4.08. The van der Waals surface area contributed by atoms with Crippen LogP contribution in [0.15, 0.2) is 66.7 Å². The van der Waals surface area contributed by atoms with Gasteiger partial charge in [-0.1, -0.05) is 36.4 Å². The van der Waals surface area contributed by atoms with Crippen molar-refractivity contribution in [3.05, 3.63) is 89.0 Å². The molecule has 3 aromatic rings. The number of esters is 1. The molecule has 0 aliphatic carbocycles. The average molecular weight is 429 g/mol. The Balaban J connectivity index is 1.43. The average Bonchev–Trinajstić information content (AvgIpc) is 3.24. The van der Waals surface area contributed by atoms with E-state index in [0.29, 0.717) is 29.7 Å². The lowest BCUT2D eigenvalue weighted by molar-refractivity contribution is 0.0600. The number of carbonyl (C=O) groups excluding carboxylic acids is 3. The largest absolute Gasteiger partial charge is 0.488 e. The van der Waals surface area contributed by atoms with Crippen LogP contribution in [-0.2, 0) is 11.2 Å². The molecular weight excluding hydrogens is 406 g/mol. The van der Waals surface area contributed by atoms with Crippen molar-refractivity contribution in [2.24, 2.45) is 0 Å². The molecule has 0 saturated heterocycles. The van der Waals surface area contributed by atoms with Crippen molar-refractivity contribution < 1.29 is 23.9 Å². The molecule has 1 aliphatic heterocycles. The Morgan fingerprint density at radius 3 is 2.56 bits per heavy atom. The number of ether oxygens (including phenoxy) is 2. The molecule has 1 aliphatic rings. The van der Waals surface area contributed by atoms with Crippen LogP contribution in [0.3, 0.4) is 0 Å². The first-order chi connectivity index (χ1) is 15.5. The summed E-state index contributed by atoms with van der Waals surface area (Å²) in [4.78, 5) is 36.2. The van der Waals surface area contributed by atoms with Crippen LogP contribution in [0.4, 0.5) is 0 Å². The Labute approximate surface area is 186 Å². The summed E-state index contributed by atoms with van der Waals surface area (Å²) in [6.07, 6.45) is 0.449. The van der Waals surface area contributed by atoms with Gasteiger partial charge >= 0.3 is 5.97 Å². The van der Waals surface area contributed by atoms with Gasteiger partial charge < -0.3 is 14.8 Å². The molecular formula is C26H23NO5. The molecule has 4 rings (SSSR count). The summed E-state index contributed by atoms with van der Waals surface area (Å²) in [7, 11) is 1.30. The van der Waals surface area contributed by atoms with E-state index in [9.17, 15) is 14.4 Å². The van der Waals surface area contributed by atoms with Crippen LogP contribution in [0.5, 0.6) is 5.75 Å². The number of carbonyl (C=O) groups is 3. The molecule has 6 nitrogen and oxygen atoms in total. The minimum atomic E-state index is -0.489. The number of hydrogen-bond donors (Lipinski definition) is 1. The van der Waals surface area contributed by atoms with E-state index in [0.717, 1.165) is 22.4 Å².